The Morgan fingerprint density at radius 2 is 2.24 bits per heavy atom. The van der Waals surface area contributed by atoms with Gasteiger partial charge in [0.15, 0.2) is 0 Å². The molecular weight excluding hydrogens is 220 g/mol. The van der Waals surface area contributed by atoms with Gasteiger partial charge >= 0.3 is 0 Å². The van der Waals surface area contributed by atoms with Crippen LogP contribution in [-0.4, -0.2) is 22.9 Å². The van der Waals surface area contributed by atoms with Crippen molar-refractivity contribution >= 4 is 0 Å². The van der Waals surface area contributed by atoms with Crippen LogP contribution in [0.1, 0.15) is 22.8 Å². The van der Waals surface area contributed by atoms with Crippen molar-refractivity contribution in [3.05, 3.63) is 45.3 Å². The minimum absolute atomic E-state index is 0.198. The van der Waals surface area contributed by atoms with Gasteiger partial charge in [-0.2, -0.15) is 5.26 Å². The highest BCUT2D eigenvalue weighted by Gasteiger charge is 2.18. The highest BCUT2D eigenvalue weighted by Crippen LogP contribution is 2.20. The number of hydrogen-bond acceptors (Lipinski definition) is 4. The summed E-state index contributed by atoms with van der Waals surface area (Å²) in [5.41, 5.74) is 9.84. The standard InChI is InChI=1S/C11H12N4O2/c1-7-4-8(2-3-9(7)5-12)11(17)10(16)6-14-15-13/h2-4,10-11,16-17H,6H2,1H3. The molecule has 0 bridgehead atoms. The monoisotopic (exact) mass is 232 g/mol. The molecule has 17 heavy (non-hydrogen) atoms. The largest absolute Gasteiger partial charge is 0.390 e. The van der Waals surface area contributed by atoms with Crippen molar-refractivity contribution in [2.75, 3.05) is 6.54 Å². The van der Waals surface area contributed by atoms with Gasteiger partial charge in [-0.05, 0) is 29.6 Å². The number of aryl methyl sites for hydroxylation is 1. The summed E-state index contributed by atoms with van der Waals surface area (Å²) >= 11 is 0. The van der Waals surface area contributed by atoms with E-state index in [9.17, 15) is 10.2 Å². The normalized spacial score (nSPS) is 13.3. The molecule has 0 aliphatic carbocycles. The lowest BCUT2D eigenvalue weighted by molar-refractivity contribution is 0.0244. The van der Waals surface area contributed by atoms with Gasteiger partial charge in [-0.1, -0.05) is 17.2 Å². The lowest BCUT2D eigenvalue weighted by Crippen LogP contribution is -2.21. The number of aliphatic hydroxyl groups is 2. The maximum absolute atomic E-state index is 9.79. The van der Waals surface area contributed by atoms with Crippen molar-refractivity contribution in [1.29, 1.82) is 5.26 Å². The molecule has 0 fully saturated rings. The van der Waals surface area contributed by atoms with Crippen molar-refractivity contribution < 1.29 is 10.2 Å². The third kappa shape index (κ3) is 3.20. The lowest BCUT2D eigenvalue weighted by Gasteiger charge is -2.16. The van der Waals surface area contributed by atoms with Gasteiger partial charge in [-0.25, -0.2) is 0 Å². The van der Waals surface area contributed by atoms with Crippen LogP contribution in [0.3, 0.4) is 0 Å². The van der Waals surface area contributed by atoms with Crippen molar-refractivity contribution in [3.8, 4) is 6.07 Å². The Morgan fingerprint density at radius 1 is 1.53 bits per heavy atom. The van der Waals surface area contributed by atoms with E-state index in [4.69, 9.17) is 10.8 Å². The summed E-state index contributed by atoms with van der Waals surface area (Å²) in [5.74, 6) is 0. The molecule has 6 nitrogen and oxygen atoms in total. The fourth-order valence-electron chi connectivity index (χ4n) is 1.44. The average Bonchev–Trinajstić information content (AvgIpc) is 2.34. The fourth-order valence-corrected chi connectivity index (χ4v) is 1.44. The number of hydrogen-bond donors (Lipinski definition) is 2. The Balaban J connectivity index is 2.89. The van der Waals surface area contributed by atoms with Gasteiger partial charge < -0.3 is 10.2 Å². The minimum Gasteiger partial charge on any atom is -0.390 e. The first-order valence-corrected chi connectivity index (χ1v) is 4.97. The third-order valence-electron chi connectivity index (χ3n) is 2.41. The molecule has 1 rings (SSSR count). The molecule has 0 heterocycles. The Kier molecular flexibility index (Phi) is 4.49. The van der Waals surface area contributed by atoms with Gasteiger partial charge in [0, 0.05) is 4.91 Å². The second kappa shape index (κ2) is 5.87. The molecule has 0 saturated heterocycles. The zero-order valence-electron chi connectivity index (χ0n) is 9.28. The number of azide groups is 1. The average molecular weight is 232 g/mol. The van der Waals surface area contributed by atoms with Crippen molar-refractivity contribution in [2.24, 2.45) is 5.11 Å². The molecule has 0 aromatic heterocycles. The van der Waals surface area contributed by atoms with Crippen LogP contribution in [-0.2, 0) is 0 Å². The predicted molar refractivity (Wildman–Crippen MR) is 60.9 cm³/mol. The third-order valence-corrected chi connectivity index (χ3v) is 2.41. The molecule has 6 heteroatoms. The molecule has 0 radical (unpaired) electrons. The summed E-state index contributed by atoms with van der Waals surface area (Å²) in [7, 11) is 0. The fraction of sp³-hybridized carbons (Fsp3) is 0.364. The number of benzene rings is 1. The smallest absolute Gasteiger partial charge is 0.105 e. The van der Waals surface area contributed by atoms with E-state index < -0.39 is 12.2 Å². The van der Waals surface area contributed by atoms with Gasteiger partial charge in [0.1, 0.15) is 6.10 Å². The molecule has 2 atom stereocenters. The van der Waals surface area contributed by atoms with Crippen molar-refractivity contribution in [1.82, 2.24) is 0 Å². The molecule has 0 saturated carbocycles. The van der Waals surface area contributed by atoms with Gasteiger partial charge in [0.25, 0.3) is 0 Å². The summed E-state index contributed by atoms with van der Waals surface area (Å²) in [6.07, 6.45) is -2.29. The summed E-state index contributed by atoms with van der Waals surface area (Å²) < 4.78 is 0. The maximum Gasteiger partial charge on any atom is 0.105 e. The molecule has 1 aromatic rings. The molecule has 0 amide bonds. The van der Waals surface area contributed by atoms with Gasteiger partial charge in [-0.15, -0.1) is 0 Å². The first-order chi connectivity index (χ1) is 8.10. The first-order valence-electron chi connectivity index (χ1n) is 4.97. The van der Waals surface area contributed by atoms with Gasteiger partial charge in [-0.3, -0.25) is 0 Å². The van der Waals surface area contributed by atoms with Gasteiger partial charge in [0.2, 0.25) is 0 Å². The molecule has 0 aliphatic rings. The van der Waals surface area contributed by atoms with Crippen molar-refractivity contribution in [3.63, 3.8) is 0 Å². The predicted octanol–water partition coefficient (Wildman–Crippen LogP) is 1.57. The number of rotatable bonds is 4. The van der Waals surface area contributed by atoms with Crippen LogP contribution in [0.25, 0.3) is 10.4 Å². The zero-order chi connectivity index (χ0) is 12.8. The number of nitrogens with zero attached hydrogens (tertiary/aromatic N) is 4. The molecule has 0 aliphatic heterocycles. The first kappa shape index (κ1) is 13.0. The molecular formula is C11H12N4O2. The van der Waals surface area contributed by atoms with E-state index >= 15 is 0 Å². The molecule has 2 unspecified atom stereocenters. The molecule has 1 aromatic carbocycles. The molecule has 0 spiro atoms. The topological polar surface area (TPSA) is 113 Å². The van der Waals surface area contributed by atoms with Crippen LogP contribution in [0, 0.1) is 18.3 Å². The van der Waals surface area contributed by atoms with Crippen LogP contribution in [0.4, 0.5) is 0 Å². The summed E-state index contributed by atoms with van der Waals surface area (Å²) in [6.45, 7) is 1.55. The number of aliphatic hydroxyl groups excluding tert-OH is 2. The summed E-state index contributed by atoms with van der Waals surface area (Å²) in [4.78, 5) is 2.51. The van der Waals surface area contributed by atoms with E-state index in [1.165, 1.54) is 0 Å². The van der Waals surface area contributed by atoms with E-state index in [2.05, 4.69) is 10.0 Å². The second-order valence-electron chi connectivity index (χ2n) is 3.61. The Bertz CT molecular complexity index is 489. The zero-order valence-corrected chi connectivity index (χ0v) is 9.28. The molecule has 2 N–H and O–H groups in total. The summed E-state index contributed by atoms with van der Waals surface area (Å²) in [6, 6.07) is 6.78. The van der Waals surface area contributed by atoms with Crippen molar-refractivity contribution in [2.45, 2.75) is 19.1 Å². The minimum atomic E-state index is -1.15. The molecule has 88 valence electrons. The maximum atomic E-state index is 9.79. The lowest BCUT2D eigenvalue weighted by atomic mass is 9.99. The van der Waals surface area contributed by atoms with Crippen LogP contribution in [0.5, 0.6) is 0 Å². The van der Waals surface area contributed by atoms with Crippen LogP contribution in [0.2, 0.25) is 0 Å². The summed E-state index contributed by atoms with van der Waals surface area (Å²) in [5, 5.41) is 31.3. The highest BCUT2D eigenvalue weighted by molar-refractivity contribution is 5.40. The SMILES string of the molecule is Cc1cc(C(O)C(O)CN=[N+]=[N-])ccc1C#N. The highest BCUT2D eigenvalue weighted by atomic mass is 16.3. The second-order valence-corrected chi connectivity index (χ2v) is 3.61. The van der Waals surface area contributed by atoms with Gasteiger partial charge in [0.05, 0.1) is 24.3 Å². The van der Waals surface area contributed by atoms with E-state index in [-0.39, 0.29) is 6.54 Å². The van der Waals surface area contributed by atoms with E-state index in [0.29, 0.717) is 11.1 Å². The Hall–Kier alpha value is -2.06. The van der Waals surface area contributed by atoms with Crippen LogP contribution < -0.4 is 0 Å². The quantitative estimate of drug-likeness (QED) is 0.466. The van der Waals surface area contributed by atoms with Crippen LogP contribution in [0.15, 0.2) is 23.3 Å². The van der Waals surface area contributed by atoms with E-state index in [0.717, 1.165) is 5.56 Å². The van der Waals surface area contributed by atoms with E-state index in [1.807, 2.05) is 6.07 Å². The Morgan fingerprint density at radius 3 is 2.76 bits per heavy atom. The Labute approximate surface area is 98.4 Å². The number of nitriles is 1. The van der Waals surface area contributed by atoms with E-state index in [1.54, 1.807) is 25.1 Å². The van der Waals surface area contributed by atoms with Crippen LogP contribution >= 0.6 is 0 Å².